The van der Waals surface area contributed by atoms with Crippen LogP contribution in [0.2, 0.25) is 0 Å². The molecule has 2 aliphatic rings. The van der Waals surface area contributed by atoms with E-state index >= 15 is 0 Å². The van der Waals surface area contributed by atoms with Crippen molar-refractivity contribution < 1.29 is 9.90 Å². The summed E-state index contributed by atoms with van der Waals surface area (Å²) in [6, 6.07) is 0.307. The number of aliphatic hydroxyl groups excluding tert-OH is 1. The van der Waals surface area contributed by atoms with E-state index in [1.54, 1.807) is 6.92 Å². The lowest BCUT2D eigenvalue weighted by Crippen LogP contribution is -2.50. The number of carbonyl (C=O) groups excluding carboxylic acids is 1. The molecule has 2 rings (SSSR count). The molecule has 2 fully saturated rings. The first-order chi connectivity index (χ1) is 7.70. The molecule has 1 aliphatic carbocycles. The maximum atomic E-state index is 11.6. The van der Waals surface area contributed by atoms with E-state index in [2.05, 4.69) is 0 Å². The van der Waals surface area contributed by atoms with Crippen molar-refractivity contribution in [3.63, 3.8) is 0 Å². The molecule has 1 aliphatic heterocycles. The van der Waals surface area contributed by atoms with Crippen LogP contribution in [0.1, 0.15) is 51.9 Å². The van der Waals surface area contributed by atoms with Gasteiger partial charge in [0.25, 0.3) is 0 Å². The SMILES string of the molecule is CC(=O)N1CCCCC1C1CCCCC1O. The zero-order valence-electron chi connectivity index (χ0n) is 10.2. The van der Waals surface area contributed by atoms with Crippen LogP contribution in [-0.4, -0.2) is 34.6 Å². The normalized spacial score (nSPS) is 36.1. The van der Waals surface area contributed by atoms with Gasteiger partial charge in [-0.2, -0.15) is 0 Å². The van der Waals surface area contributed by atoms with Crippen LogP contribution in [0.5, 0.6) is 0 Å². The van der Waals surface area contributed by atoms with Crippen molar-refractivity contribution in [2.24, 2.45) is 5.92 Å². The van der Waals surface area contributed by atoms with Gasteiger partial charge in [0.1, 0.15) is 0 Å². The van der Waals surface area contributed by atoms with E-state index in [0.717, 1.165) is 38.6 Å². The monoisotopic (exact) mass is 225 g/mol. The molecule has 1 heterocycles. The molecule has 3 nitrogen and oxygen atoms in total. The minimum absolute atomic E-state index is 0.182. The second-order valence-corrected chi connectivity index (χ2v) is 5.29. The number of aliphatic hydroxyl groups is 1. The van der Waals surface area contributed by atoms with Crippen LogP contribution < -0.4 is 0 Å². The lowest BCUT2D eigenvalue weighted by molar-refractivity contribution is -0.135. The van der Waals surface area contributed by atoms with E-state index in [1.807, 2.05) is 4.90 Å². The van der Waals surface area contributed by atoms with Crippen LogP contribution in [0.4, 0.5) is 0 Å². The number of carbonyl (C=O) groups is 1. The van der Waals surface area contributed by atoms with Crippen molar-refractivity contribution in [1.29, 1.82) is 0 Å². The van der Waals surface area contributed by atoms with E-state index in [9.17, 15) is 9.90 Å². The lowest BCUT2D eigenvalue weighted by Gasteiger charge is -2.43. The Morgan fingerprint density at radius 2 is 1.81 bits per heavy atom. The van der Waals surface area contributed by atoms with Crippen molar-refractivity contribution in [2.75, 3.05) is 6.54 Å². The van der Waals surface area contributed by atoms with Crippen molar-refractivity contribution in [2.45, 2.75) is 64.0 Å². The van der Waals surface area contributed by atoms with Crippen molar-refractivity contribution in [3.8, 4) is 0 Å². The summed E-state index contributed by atoms with van der Waals surface area (Å²) in [6.07, 6.45) is 7.60. The lowest BCUT2D eigenvalue weighted by atomic mass is 9.78. The van der Waals surface area contributed by atoms with E-state index in [4.69, 9.17) is 0 Å². The number of rotatable bonds is 1. The van der Waals surface area contributed by atoms with Crippen LogP contribution in [-0.2, 0) is 4.79 Å². The number of hydrogen-bond donors (Lipinski definition) is 1. The van der Waals surface area contributed by atoms with Crippen molar-refractivity contribution in [3.05, 3.63) is 0 Å². The van der Waals surface area contributed by atoms with Gasteiger partial charge in [0.2, 0.25) is 5.91 Å². The Bertz CT molecular complexity index is 254. The number of hydrogen-bond acceptors (Lipinski definition) is 2. The van der Waals surface area contributed by atoms with Gasteiger partial charge in [0.05, 0.1) is 6.10 Å². The summed E-state index contributed by atoms with van der Waals surface area (Å²) in [6.45, 7) is 2.55. The summed E-state index contributed by atoms with van der Waals surface area (Å²) in [7, 11) is 0. The standard InChI is InChI=1S/C13H23NO2/c1-10(15)14-9-5-4-7-12(14)11-6-2-3-8-13(11)16/h11-13,16H,2-9H2,1H3. The molecule has 0 aromatic heterocycles. The molecule has 1 amide bonds. The Kier molecular flexibility index (Phi) is 3.85. The van der Waals surface area contributed by atoms with E-state index < -0.39 is 0 Å². The summed E-state index contributed by atoms with van der Waals surface area (Å²) >= 11 is 0. The van der Waals surface area contributed by atoms with E-state index in [-0.39, 0.29) is 12.0 Å². The van der Waals surface area contributed by atoms with E-state index in [0.29, 0.717) is 12.0 Å². The fraction of sp³-hybridized carbons (Fsp3) is 0.923. The topological polar surface area (TPSA) is 40.5 Å². The quantitative estimate of drug-likeness (QED) is 0.741. The van der Waals surface area contributed by atoms with Gasteiger partial charge in [-0.3, -0.25) is 4.79 Å². The molecule has 1 saturated heterocycles. The van der Waals surface area contributed by atoms with Gasteiger partial charge in [-0.25, -0.2) is 0 Å². The van der Waals surface area contributed by atoms with E-state index in [1.165, 1.54) is 12.8 Å². The zero-order valence-corrected chi connectivity index (χ0v) is 10.2. The highest BCUT2D eigenvalue weighted by atomic mass is 16.3. The van der Waals surface area contributed by atoms with Gasteiger partial charge < -0.3 is 10.0 Å². The van der Waals surface area contributed by atoms with Crippen LogP contribution in [0.15, 0.2) is 0 Å². The van der Waals surface area contributed by atoms with Crippen LogP contribution in [0.25, 0.3) is 0 Å². The molecule has 1 saturated carbocycles. The highest BCUT2D eigenvalue weighted by Gasteiger charge is 2.36. The summed E-state index contributed by atoms with van der Waals surface area (Å²) in [5.74, 6) is 0.514. The molecule has 92 valence electrons. The van der Waals surface area contributed by atoms with Crippen molar-refractivity contribution >= 4 is 5.91 Å². The highest BCUT2D eigenvalue weighted by molar-refractivity contribution is 5.73. The second-order valence-electron chi connectivity index (χ2n) is 5.29. The van der Waals surface area contributed by atoms with Crippen LogP contribution in [0, 0.1) is 5.92 Å². The van der Waals surface area contributed by atoms with Gasteiger partial charge in [-0.1, -0.05) is 12.8 Å². The van der Waals surface area contributed by atoms with Crippen LogP contribution in [0.3, 0.4) is 0 Å². The molecule has 0 radical (unpaired) electrons. The molecule has 0 aromatic rings. The van der Waals surface area contributed by atoms with Crippen LogP contribution >= 0.6 is 0 Å². The smallest absolute Gasteiger partial charge is 0.219 e. The third-order valence-electron chi connectivity index (χ3n) is 4.23. The van der Waals surface area contributed by atoms with Gasteiger partial charge in [-0.05, 0) is 32.1 Å². The largest absolute Gasteiger partial charge is 0.393 e. The molecular weight excluding hydrogens is 202 g/mol. The maximum absolute atomic E-state index is 11.6. The average molecular weight is 225 g/mol. The fourth-order valence-corrected chi connectivity index (χ4v) is 3.38. The Morgan fingerprint density at radius 1 is 1.12 bits per heavy atom. The third kappa shape index (κ3) is 2.40. The predicted octanol–water partition coefficient (Wildman–Crippen LogP) is 1.94. The summed E-state index contributed by atoms with van der Waals surface area (Å²) < 4.78 is 0. The van der Waals surface area contributed by atoms with Gasteiger partial charge in [-0.15, -0.1) is 0 Å². The first kappa shape index (κ1) is 11.9. The van der Waals surface area contributed by atoms with Gasteiger partial charge in [0, 0.05) is 25.4 Å². The molecule has 0 spiro atoms. The molecule has 16 heavy (non-hydrogen) atoms. The van der Waals surface area contributed by atoms with Gasteiger partial charge in [0.15, 0.2) is 0 Å². The molecule has 0 bridgehead atoms. The predicted molar refractivity (Wildman–Crippen MR) is 63.0 cm³/mol. The number of nitrogens with zero attached hydrogens (tertiary/aromatic N) is 1. The summed E-state index contributed by atoms with van der Waals surface area (Å²) in [5.41, 5.74) is 0. The molecule has 3 atom stereocenters. The maximum Gasteiger partial charge on any atom is 0.219 e. The average Bonchev–Trinajstić information content (AvgIpc) is 2.29. The third-order valence-corrected chi connectivity index (χ3v) is 4.23. The second kappa shape index (κ2) is 5.17. The molecular formula is C13H23NO2. The molecule has 3 heteroatoms. The molecule has 0 aromatic carbocycles. The van der Waals surface area contributed by atoms with Gasteiger partial charge >= 0.3 is 0 Å². The Morgan fingerprint density at radius 3 is 2.50 bits per heavy atom. The fourth-order valence-electron chi connectivity index (χ4n) is 3.38. The zero-order chi connectivity index (χ0) is 11.5. The number of likely N-dealkylation sites (tertiary alicyclic amines) is 1. The first-order valence-corrected chi connectivity index (χ1v) is 6.65. The Labute approximate surface area is 97.8 Å². The minimum Gasteiger partial charge on any atom is -0.393 e. The van der Waals surface area contributed by atoms with Crippen molar-refractivity contribution in [1.82, 2.24) is 4.90 Å². The minimum atomic E-state index is -0.182. The molecule has 1 N–H and O–H groups in total. The Balaban J connectivity index is 2.06. The molecule has 3 unspecified atom stereocenters. The highest BCUT2D eigenvalue weighted by Crippen LogP contribution is 2.33. The summed E-state index contributed by atoms with van der Waals surface area (Å²) in [5, 5.41) is 10.1. The first-order valence-electron chi connectivity index (χ1n) is 6.65. The Hall–Kier alpha value is -0.570. The summed E-state index contributed by atoms with van der Waals surface area (Å²) in [4.78, 5) is 13.6. The number of piperidine rings is 1. The number of amides is 1.